The molecule has 0 spiro atoms. The number of fused-ring (bicyclic) bond motifs is 5. The molecule has 0 bridgehead atoms. The lowest BCUT2D eigenvalue weighted by Gasteiger charge is -2.01. The van der Waals surface area contributed by atoms with E-state index in [0.29, 0.717) is 22.1 Å². The Kier molecular flexibility index (Phi) is 4.10. The van der Waals surface area contributed by atoms with Crippen molar-refractivity contribution in [3.63, 3.8) is 0 Å². The summed E-state index contributed by atoms with van der Waals surface area (Å²) in [5.74, 6) is 0. The van der Waals surface area contributed by atoms with Gasteiger partial charge in [-0.05, 0) is 61.0 Å². The average molecular weight is 446 g/mol. The summed E-state index contributed by atoms with van der Waals surface area (Å²) < 4.78 is 2.31. The number of hydrogen-bond acceptors (Lipinski definition) is 4. The van der Waals surface area contributed by atoms with Crippen LogP contribution in [0.2, 0.25) is 0 Å². The first-order chi connectivity index (χ1) is 16.4. The van der Waals surface area contributed by atoms with Gasteiger partial charge in [-0.25, -0.2) is 9.13 Å². The van der Waals surface area contributed by atoms with Crippen LogP contribution in [0.1, 0.15) is 11.1 Å². The lowest BCUT2D eigenvalue weighted by molar-refractivity contribution is 0.990. The van der Waals surface area contributed by atoms with Crippen molar-refractivity contribution in [1.82, 2.24) is 9.13 Å². The largest absolute Gasteiger partial charge is 0.268 e. The zero-order valence-electron chi connectivity index (χ0n) is 18.5. The van der Waals surface area contributed by atoms with Crippen molar-refractivity contribution < 1.29 is 0 Å². The molecule has 0 fully saturated rings. The van der Waals surface area contributed by atoms with Gasteiger partial charge in [0, 0.05) is 0 Å². The monoisotopic (exact) mass is 446 g/mol. The SMILES string of the molecule is Cc1ccc(-n2c(=O)c3ccc4c(ccc5c(=O)n(-c6ccc(C)cc6)c(=O)c54)c3c2=O)cc1. The van der Waals surface area contributed by atoms with Gasteiger partial charge in [-0.15, -0.1) is 0 Å². The van der Waals surface area contributed by atoms with Gasteiger partial charge in [-0.3, -0.25) is 19.2 Å². The first kappa shape index (κ1) is 20.1. The van der Waals surface area contributed by atoms with E-state index in [1.807, 2.05) is 38.1 Å². The molecule has 6 nitrogen and oxygen atoms in total. The Labute approximate surface area is 192 Å². The molecular formula is C28H18N2O4. The van der Waals surface area contributed by atoms with Crippen LogP contribution in [0.3, 0.4) is 0 Å². The van der Waals surface area contributed by atoms with Gasteiger partial charge >= 0.3 is 0 Å². The van der Waals surface area contributed by atoms with Gasteiger partial charge in [0.1, 0.15) is 0 Å². The van der Waals surface area contributed by atoms with Crippen LogP contribution in [0.15, 0.2) is 92.0 Å². The maximum atomic E-state index is 13.4. The number of rotatable bonds is 2. The zero-order chi connectivity index (χ0) is 23.7. The van der Waals surface area contributed by atoms with Crippen molar-refractivity contribution >= 4 is 32.3 Å². The standard InChI is InChI=1S/C28H18N2O4/c1-15-3-7-17(8-4-15)29-25(31)21-13-11-20-19(23(21)27(29)33)12-14-22-24(20)28(34)30(26(22)32)18-9-5-16(2)6-10-18/h3-14H,1-2H3. The number of nitrogens with zero attached hydrogens (tertiary/aromatic N) is 2. The van der Waals surface area contributed by atoms with E-state index in [0.717, 1.165) is 20.3 Å². The molecule has 0 saturated heterocycles. The molecule has 0 aliphatic carbocycles. The summed E-state index contributed by atoms with van der Waals surface area (Å²) in [5, 5.41) is 2.03. The Morgan fingerprint density at radius 3 is 1.09 bits per heavy atom. The summed E-state index contributed by atoms with van der Waals surface area (Å²) in [6, 6.07) is 20.7. The molecule has 0 aliphatic heterocycles. The normalized spacial score (nSPS) is 11.7. The summed E-state index contributed by atoms with van der Waals surface area (Å²) in [6.07, 6.45) is 0. The predicted molar refractivity (Wildman–Crippen MR) is 135 cm³/mol. The van der Waals surface area contributed by atoms with E-state index in [1.165, 1.54) is 0 Å². The Bertz CT molecular complexity index is 1840. The van der Waals surface area contributed by atoms with E-state index >= 15 is 0 Å². The van der Waals surface area contributed by atoms with Gasteiger partial charge in [0.25, 0.3) is 22.2 Å². The fourth-order valence-corrected chi connectivity index (χ4v) is 4.73. The minimum absolute atomic E-state index is 0.250. The first-order valence-corrected chi connectivity index (χ1v) is 10.9. The van der Waals surface area contributed by atoms with E-state index in [2.05, 4.69) is 0 Å². The maximum absolute atomic E-state index is 13.4. The predicted octanol–water partition coefficient (Wildman–Crippen LogP) is 3.66. The summed E-state index contributed by atoms with van der Waals surface area (Å²) >= 11 is 0. The number of aromatic nitrogens is 2. The van der Waals surface area contributed by atoms with Gasteiger partial charge in [-0.2, -0.15) is 0 Å². The molecule has 0 N–H and O–H groups in total. The second-order valence-electron chi connectivity index (χ2n) is 8.63. The molecule has 0 unspecified atom stereocenters. The van der Waals surface area contributed by atoms with Gasteiger partial charge in [-0.1, -0.05) is 47.5 Å². The summed E-state index contributed by atoms with van der Waals surface area (Å²) in [7, 11) is 0. The van der Waals surface area contributed by atoms with Crippen molar-refractivity contribution in [2.75, 3.05) is 0 Å². The molecule has 164 valence electrons. The van der Waals surface area contributed by atoms with Crippen LogP contribution in [0.4, 0.5) is 0 Å². The molecule has 0 amide bonds. The Morgan fingerprint density at radius 2 is 0.735 bits per heavy atom. The molecule has 2 heterocycles. The Hall–Kier alpha value is -4.58. The van der Waals surface area contributed by atoms with Crippen molar-refractivity contribution in [3.05, 3.63) is 125 Å². The number of benzene rings is 4. The van der Waals surface area contributed by atoms with Crippen LogP contribution in [0.5, 0.6) is 0 Å². The van der Waals surface area contributed by atoms with Gasteiger partial charge < -0.3 is 0 Å². The highest BCUT2D eigenvalue weighted by Gasteiger charge is 2.21. The van der Waals surface area contributed by atoms with Crippen LogP contribution < -0.4 is 22.2 Å². The number of aryl methyl sites for hydroxylation is 2. The second kappa shape index (κ2) is 6.96. The third-order valence-electron chi connectivity index (χ3n) is 6.49. The van der Waals surface area contributed by atoms with Crippen LogP contribution >= 0.6 is 0 Å². The minimum atomic E-state index is -0.443. The van der Waals surface area contributed by atoms with E-state index < -0.39 is 22.2 Å². The highest BCUT2D eigenvalue weighted by atomic mass is 16.2. The lowest BCUT2D eigenvalue weighted by Crippen LogP contribution is -2.23. The Morgan fingerprint density at radius 1 is 0.412 bits per heavy atom. The van der Waals surface area contributed by atoms with E-state index in [1.54, 1.807) is 48.5 Å². The zero-order valence-corrected chi connectivity index (χ0v) is 18.5. The highest BCUT2D eigenvalue weighted by molar-refractivity contribution is 6.17. The summed E-state index contributed by atoms with van der Waals surface area (Å²) in [6.45, 7) is 3.86. The Balaban J connectivity index is 1.71. The fourth-order valence-electron chi connectivity index (χ4n) is 4.73. The summed E-state index contributed by atoms with van der Waals surface area (Å²) in [4.78, 5) is 53.1. The first-order valence-electron chi connectivity index (χ1n) is 10.9. The van der Waals surface area contributed by atoms with E-state index in [-0.39, 0.29) is 21.5 Å². The smallest absolute Gasteiger partial charge is 0.266 e. The van der Waals surface area contributed by atoms with Gasteiger partial charge in [0.05, 0.1) is 32.9 Å². The van der Waals surface area contributed by atoms with Crippen molar-refractivity contribution in [1.29, 1.82) is 0 Å². The number of hydrogen-bond donors (Lipinski definition) is 0. The maximum Gasteiger partial charge on any atom is 0.266 e. The third kappa shape index (κ3) is 2.62. The third-order valence-corrected chi connectivity index (χ3v) is 6.49. The van der Waals surface area contributed by atoms with Crippen molar-refractivity contribution in [3.8, 4) is 11.4 Å². The molecule has 0 radical (unpaired) electrons. The molecule has 34 heavy (non-hydrogen) atoms. The molecule has 0 aliphatic rings. The van der Waals surface area contributed by atoms with Crippen LogP contribution in [-0.4, -0.2) is 9.13 Å². The molecular weight excluding hydrogens is 428 g/mol. The quantitative estimate of drug-likeness (QED) is 0.407. The van der Waals surface area contributed by atoms with Gasteiger partial charge in [0.2, 0.25) is 0 Å². The van der Waals surface area contributed by atoms with Gasteiger partial charge in [0.15, 0.2) is 0 Å². The fraction of sp³-hybridized carbons (Fsp3) is 0.0714. The molecule has 0 atom stereocenters. The summed E-state index contributed by atoms with van der Waals surface area (Å²) in [5.41, 5.74) is 1.31. The molecule has 0 saturated carbocycles. The molecule has 6 aromatic rings. The van der Waals surface area contributed by atoms with Crippen molar-refractivity contribution in [2.45, 2.75) is 13.8 Å². The molecule has 2 aromatic heterocycles. The van der Waals surface area contributed by atoms with E-state index in [9.17, 15) is 19.2 Å². The second-order valence-corrected chi connectivity index (χ2v) is 8.63. The minimum Gasteiger partial charge on any atom is -0.268 e. The van der Waals surface area contributed by atoms with Crippen LogP contribution in [0, 0.1) is 13.8 Å². The highest BCUT2D eigenvalue weighted by Crippen LogP contribution is 2.27. The molecule has 4 aromatic carbocycles. The molecule has 6 rings (SSSR count). The van der Waals surface area contributed by atoms with E-state index in [4.69, 9.17) is 0 Å². The topological polar surface area (TPSA) is 78.1 Å². The average Bonchev–Trinajstić information content (AvgIpc) is 3.25. The molecule has 6 heteroatoms. The lowest BCUT2D eigenvalue weighted by atomic mass is 10.0. The van der Waals surface area contributed by atoms with Crippen molar-refractivity contribution in [2.24, 2.45) is 0 Å². The van der Waals surface area contributed by atoms with Crippen LogP contribution in [0.25, 0.3) is 43.7 Å². The van der Waals surface area contributed by atoms with Crippen LogP contribution in [-0.2, 0) is 0 Å².